The molecule has 2 fully saturated rings. The number of nitrogens with zero attached hydrogens (tertiary/aromatic N) is 2. The number of methoxy groups -OCH3 is 1. The summed E-state index contributed by atoms with van der Waals surface area (Å²) in [4.78, 5) is 26.7. The van der Waals surface area contributed by atoms with Crippen molar-refractivity contribution in [2.75, 3.05) is 30.4 Å². The summed E-state index contributed by atoms with van der Waals surface area (Å²) >= 11 is 0. The maximum absolute atomic E-state index is 12.7. The van der Waals surface area contributed by atoms with Gasteiger partial charge in [0.2, 0.25) is 0 Å². The molecule has 1 atom stereocenters. The summed E-state index contributed by atoms with van der Waals surface area (Å²) in [7, 11) is 1.61. The van der Waals surface area contributed by atoms with Gasteiger partial charge in [-0.25, -0.2) is 4.79 Å². The van der Waals surface area contributed by atoms with Crippen LogP contribution in [0.1, 0.15) is 67.2 Å². The molecule has 1 unspecified atom stereocenters. The fourth-order valence-electron chi connectivity index (χ4n) is 5.27. The molecule has 2 aliphatic rings. The molecule has 9 nitrogen and oxygen atoms in total. The second-order valence-corrected chi connectivity index (χ2v) is 10.1. The molecule has 200 valence electrons. The number of rotatable bonds is 8. The third kappa shape index (κ3) is 4.92. The highest BCUT2D eigenvalue weighted by molar-refractivity contribution is 5.86. The van der Waals surface area contributed by atoms with Gasteiger partial charge < -0.3 is 24.0 Å². The Labute approximate surface area is 221 Å². The molecule has 3 aromatic rings. The van der Waals surface area contributed by atoms with Crippen LogP contribution in [-0.2, 0) is 14.9 Å². The summed E-state index contributed by atoms with van der Waals surface area (Å²) in [6.07, 6.45) is 1.95. The first-order valence-electron chi connectivity index (χ1n) is 13.0. The minimum Gasteiger partial charge on any atom is -0.495 e. The number of carbonyl (C=O) groups excluding carboxylic acids is 1. The van der Waals surface area contributed by atoms with Crippen molar-refractivity contribution in [2.24, 2.45) is 0 Å². The van der Waals surface area contributed by atoms with E-state index in [4.69, 9.17) is 14.0 Å². The Bertz CT molecular complexity index is 1310. The fraction of sp³-hybridized carbons (Fsp3) is 0.414. The Morgan fingerprint density at radius 1 is 1.16 bits per heavy atom. The lowest BCUT2D eigenvalue weighted by Gasteiger charge is -2.34. The third-order valence-corrected chi connectivity index (χ3v) is 7.77. The van der Waals surface area contributed by atoms with E-state index in [1.807, 2.05) is 55.5 Å². The van der Waals surface area contributed by atoms with Crippen LogP contribution >= 0.6 is 0 Å². The average molecular weight is 520 g/mol. The molecule has 1 aromatic heterocycles. The van der Waals surface area contributed by atoms with Crippen molar-refractivity contribution >= 4 is 23.4 Å². The van der Waals surface area contributed by atoms with Gasteiger partial charge in [-0.1, -0.05) is 41.6 Å². The van der Waals surface area contributed by atoms with E-state index in [1.165, 1.54) is 0 Å². The summed E-state index contributed by atoms with van der Waals surface area (Å²) in [6.45, 7) is 5.13. The number of carboxylic acid groups (broad SMARTS) is 1. The lowest BCUT2D eigenvalue weighted by Crippen LogP contribution is -2.33. The first-order valence-corrected chi connectivity index (χ1v) is 13.0. The Morgan fingerprint density at radius 2 is 1.87 bits per heavy atom. The highest BCUT2D eigenvalue weighted by atomic mass is 16.6. The van der Waals surface area contributed by atoms with Gasteiger partial charge in [0.05, 0.1) is 18.2 Å². The monoisotopic (exact) mass is 519 g/mol. The van der Waals surface area contributed by atoms with Crippen LogP contribution in [0.5, 0.6) is 5.75 Å². The minimum atomic E-state index is -0.779. The van der Waals surface area contributed by atoms with Crippen LogP contribution in [0, 0.1) is 6.92 Å². The SMILES string of the molecule is COc1cc(C2(C(=O)O)CC2)ccc1N1CCC(c2onc(C)c2NC(=O)OC(C)c2ccccc2)CC1. The van der Waals surface area contributed by atoms with Crippen LogP contribution in [0.15, 0.2) is 53.1 Å². The number of carbonyl (C=O) groups is 2. The third-order valence-electron chi connectivity index (χ3n) is 7.77. The lowest BCUT2D eigenvalue weighted by molar-refractivity contribution is -0.140. The molecule has 1 aliphatic heterocycles. The van der Waals surface area contributed by atoms with Crippen LogP contribution in [0.2, 0.25) is 0 Å². The molecule has 1 amide bonds. The number of ether oxygens (including phenoxy) is 2. The van der Waals surface area contributed by atoms with Gasteiger partial charge >= 0.3 is 12.1 Å². The molecular formula is C29H33N3O6. The summed E-state index contributed by atoms with van der Waals surface area (Å²) in [5, 5.41) is 16.6. The molecule has 1 aliphatic carbocycles. The second kappa shape index (κ2) is 10.4. The summed E-state index contributed by atoms with van der Waals surface area (Å²) in [6, 6.07) is 15.3. The van der Waals surface area contributed by atoms with Gasteiger partial charge in [-0.05, 0) is 62.8 Å². The van der Waals surface area contributed by atoms with Crippen LogP contribution in [-0.4, -0.2) is 42.5 Å². The summed E-state index contributed by atoms with van der Waals surface area (Å²) in [5.41, 5.74) is 3.06. The zero-order valence-electron chi connectivity index (χ0n) is 21.9. The molecule has 2 heterocycles. The second-order valence-electron chi connectivity index (χ2n) is 10.1. The van der Waals surface area contributed by atoms with Crippen molar-refractivity contribution < 1.29 is 28.7 Å². The molecule has 2 N–H and O–H groups in total. The van der Waals surface area contributed by atoms with E-state index in [9.17, 15) is 14.7 Å². The molecule has 38 heavy (non-hydrogen) atoms. The molecule has 0 bridgehead atoms. The number of carboxylic acids is 1. The van der Waals surface area contributed by atoms with Gasteiger partial charge in [-0.2, -0.15) is 0 Å². The van der Waals surface area contributed by atoms with Gasteiger partial charge in [0.1, 0.15) is 23.2 Å². The molecule has 0 radical (unpaired) electrons. The van der Waals surface area contributed by atoms with E-state index in [2.05, 4.69) is 15.4 Å². The number of anilines is 2. The van der Waals surface area contributed by atoms with Gasteiger partial charge in [0.25, 0.3) is 0 Å². The van der Waals surface area contributed by atoms with Crippen LogP contribution in [0.4, 0.5) is 16.2 Å². The first kappa shape index (κ1) is 25.6. The Kier molecular flexibility index (Phi) is 7.01. The van der Waals surface area contributed by atoms with E-state index in [1.54, 1.807) is 14.0 Å². The largest absolute Gasteiger partial charge is 0.495 e. The highest BCUT2D eigenvalue weighted by Crippen LogP contribution is 2.50. The Morgan fingerprint density at radius 3 is 2.50 bits per heavy atom. The van der Waals surface area contributed by atoms with Crippen molar-refractivity contribution in [1.29, 1.82) is 0 Å². The van der Waals surface area contributed by atoms with E-state index >= 15 is 0 Å². The number of amides is 1. The van der Waals surface area contributed by atoms with Crippen molar-refractivity contribution in [1.82, 2.24) is 5.16 Å². The predicted molar refractivity (Wildman–Crippen MR) is 142 cm³/mol. The molecule has 1 saturated heterocycles. The summed E-state index contributed by atoms with van der Waals surface area (Å²) < 4.78 is 16.9. The summed E-state index contributed by atoms with van der Waals surface area (Å²) in [5.74, 6) is 0.645. The van der Waals surface area contributed by atoms with E-state index < -0.39 is 23.6 Å². The molecule has 5 rings (SSSR count). The number of piperidine rings is 1. The van der Waals surface area contributed by atoms with Gasteiger partial charge in [0.15, 0.2) is 5.76 Å². The van der Waals surface area contributed by atoms with Crippen LogP contribution < -0.4 is 15.0 Å². The number of hydrogen-bond donors (Lipinski definition) is 2. The minimum absolute atomic E-state index is 0.0845. The van der Waals surface area contributed by atoms with Crippen LogP contribution in [0.25, 0.3) is 0 Å². The number of aliphatic carboxylic acids is 1. The fourth-order valence-corrected chi connectivity index (χ4v) is 5.27. The average Bonchev–Trinajstić information content (AvgIpc) is 3.68. The van der Waals surface area contributed by atoms with Crippen molar-refractivity contribution in [2.45, 2.75) is 57.0 Å². The first-order chi connectivity index (χ1) is 18.3. The van der Waals surface area contributed by atoms with E-state index in [0.29, 0.717) is 35.7 Å². The van der Waals surface area contributed by atoms with Gasteiger partial charge in [-0.15, -0.1) is 0 Å². The maximum Gasteiger partial charge on any atom is 0.412 e. The zero-order chi connectivity index (χ0) is 26.9. The molecule has 2 aromatic carbocycles. The predicted octanol–water partition coefficient (Wildman–Crippen LogP) is 5.80. The number of benzene rings is 2. The number of hydrogen-bond acceptors (Lipinski definition) is 7. The van der Waals surface area contributed by atoms with Crippen molar-refractivity contribution in [3.63, 3.8) is 0 Å². The van der Waals surface area contributed by atoms with E-state index in [-0.39, 0.29) is 5.92 Å². The van der Waals surface area contributed by atoms with Gasteiger partial charge in [0, 0.05) is 19.0 Å². The smallest absolute Gasteiger partial charge is 0.412 e. The van der Waals surface area contributed by atoms with E-state index in [0.717, 1.165) is 42.7 Å². The number of aromatic nitrogens is 1. The zero-order valence-corrected chi connectivity index (χ0v) is 21.9. The maximum atomic E-state index is 12.7. The number of aryl methyl sites for hydroxylation is 1. The van der Waals surface area contributed by atoms with Gasteiger partial charge in [-0.3, -0.25) is 10.1 Å². The lowest BCUT2D eigenvalue weighted by atomic mass is 9.92. The standard InChI is InChI=1S/C29H33N3O6/c1-18-25(30-28(35)37-19(2)20-7-5-4-6-8-20)26(38-31-18)21-11-15-32(16-12-21)23-10-9-22(17-24(23)36-3)29(13-14-29)27(33)34/h4-10,17,19,21H,11-16H2,1-3H3,(H,30,35)(H,33,34). The molecule has 1 saturated carbocycles. The topological polar surface area (TPSA) is 114 Å². The Balaban J connectivity index is 1.24. The molecule has 9 heteroatoms. The van der Waals surface area contributed by atoms with Crippen molar-refractivity contribution in [3.05, 3.63) is 71.1 Å². The van der Waals surface area contributed by atoms with Crippen molar-refractivity contribution in [3.8, 4) is 5.75 Å². The number of nitrogens with one attached hydrogen (secondary N) is 1. The highest BCUT2D eigenvalue weighted by Gasteiger charge is 2.52. The molecular weight excluding hydrogens is 486 g/mol. The Hall–Kier alpha value is -4.01. The van der Waals surface area contributed by atoms with Crippen LogP contribution in [0.3, 0.4) is 0 Å². The molecule has 0 spiro atoms. The quantitative estimate of drug-likeness (QED) is 0.384. The normalized spacial score (nSPS) is 17.5.